The van der Waals surface area contributed by atoms with E-state index in [4.69, 9.17) is 0 Å². The molecular weight excluding hydrogens is 325 g/mol. The fraction of sp³-hybridized carbons (Fsp3) is 0.444. The zero-order valence-electron chi connectivity index (χ0n) is 13.6. The summed E-state index contributed by atoms with van der Waals surface area (Å²) in [5.74, 6) is -0.00567. The lowest BCUT2D eigenvalue weighted by atomic mass is 10.1. The number of piperazine rings is 1. The molecule has 0 radical (unpaired) electrons. The normalized spacial score (nSPS) is 23.4. The van der Waals surface area contributed by atoms with Crippen molar-refractivity contribution in [2.45, 2.75) is 19.3 Å². The zero-order chi connectivity index (χ0) is 16.7. The molecule has 1 amide bonds. The molecule has 1 aliphatic heterocycles. The lowest BCUT2D eigenvalue weighted by molar-refractivity contribution is -0.132. The van der Waals surface area contributed by atoms with Crippen molar-refractivity contribution in [1.82, 2.24) is 9.88 Å². The molecule has 2 heterocycles. The van der Waals surface area contributed by atoms with Gasteiger partial charge in [-0.1, -0.05) is 18.2 Å². The van der Waals surface area contributed by atoms with Crippen LogP contribution in [0.1, 0.15) is 22.8 Å². The molecule has 1 saturated carbocycles. The van der Waals surface area contributed by atoms with Gasteiger partial charge in [0.15, 0.2) is 5.13 Å². The minimum absolute atomic E-state index is 0.0458. The SMILES string of the molecule is Cc1cnc(N2CCN(C(=O)[C@@H]3C[C@@H]3c3ccccc3F)CC2)s1. The van der Waals surface area contributed by atoms with Crippen molar-refractivity contribution in [1.29, 1.82) is 0 Å². The highest BCUT2D eigenvalue weighted by Crippen LogP contribution is 2.49. The van der Waals surface area contributed by atoms with E-state index in [0.717, 1.165) is 37.7 Å². The van der Waals surface area contributed by atoms with Crippen molar-refractivity contribution >= 4 is 22.4 Å². The van der Waals surface area contributed by atoms with Gasteiger partial charge in [-0.3, -0.25) is 4.79 Å². The van der Waals surface area contributed by atoms with Gasteiger partial charge in [-0.15, -0.1) is 11.3 Å². The summed E-state index contributed by atoms with van der Waals surface area (Å²) in [5.41, 5.74) is 0.688. The number of thiazole rings is 1. The van der Waals surface area contributed by atoms with E-state index in [9.17, 15) is 9.18 Å². The Hall–Kier alpha value is -1.95. The molecule has 6 heteroatoms. The van der Waals surface area contributed by atoms with Crippen molar-refractivity contribution in [3.63, 3.8) is 0 Å². The van der Waals surface area contributed by atoms with E-state index in [-0.39, 0.29) is 23.6 Å². The molecule has 0 N–H and O–H groups in total. The number of aromatic nitrogens is 1. The number of nitrogens with zero attached hydrogens (tertiary/aromatic N) is 3. The van der Waals surface area contributed by atoms with Gasteiger partial charge in [-0.05, 0) is 30.9 Å². The number of hydrogen-bond donors (Lipinski definition) is 0. The third kappa shape index (κ3) is 2.90. The van der Waals surface area contributed by atoms with Gasteiger partial charge in [-0.25, -0.2) is 9.37 Å². The van der Waals surface area contributed by atoms with Crippen molar-refractivity contribution in [3.05, 3.63) is 46.7 Å². The van der Waals surface area contributed by atoms with E-state index < -0.39 is 0 Å². The lowest BCUT2D eigenvalue weighted by Crippen LogP contribution is -2.49. The first-order chi connectivity index (χ1) is 11.6. The summed E-state index contributed by atoms with van der Waals surface area (Å²) in [5, 5.41) is 1.04. The van der Waals surface area contributed by atoms with E-state index >= 15 is 0 Å². The summed E-state index contributed by atoms with van der Waals surface area (Å²) in [6.45, 7) is 5.12. The molecule has 0 bridgehead atoms. The molecule has 24 heavy (non-hydrogen) atoms. The van der Waals surface area contributed by atoms with Gasteiger partial charge in [0.05, 0.1) is 0 Å². The predicted molar refractivity (Wildman–Crippen MR) is 92.9 cm³/mol. The second-order valence-electron chi connectivity index (χ2n) is 6.54. The Morgan fingerprint density at radius 1 is 1.25 bits per heavy atom. The first-order valence-electron chi connectivity index (χ1n) is 8.34. The number of carbonyl (C=O) groups is 1. The van der Waals surface area contributed by atoms with Crippen LogP contribution < -0.4 is 4.90 Å². The van der Waals surface area contributed by atoms with Crippen LogP contribution >= 0.6 is 11.3 Å². The van der Waals surface area contributed by atoms with E-state index in [1.54, 1.807) is 23.5 Å². The molecule has 4 rings (SSSR count). The van der Waals surface area contributed by atoms with E-state index in [0.29, 0.717) is 5.56 Å². The van der Waals surface area contributed by atoms with E-state index in [1.165, 1.54) is 10.9 Å². The average molecular weight is 345 g/mol. The topological polar surface area (TPSA) is 36.4 Å². The van der Waals surface area contributed by atoms with Crippen LogP contribution in [0.3, 0.4) is 0 Å². The quantitative estimate of drug-likeness (QED) is 0.858. The number of anilines is 1. The zero-order valence-corrected chi connectivity index (χ0v) is 14.4. The molecule has 4 nitrogen and oxygen atoms in total. The number of amides is 1. The number of halogens is 1. The van der Waals surface area contributed by atoms with Crippen LogP contribution in [0.5, 0.6) is 0 Å². The molecule has 2 aliphatic rings. The molecule has 2 aromatic rings. The largest absolute Gasteiger partial charge is 0.345 e. The predicted octanol–water partition coefficient (Wildman–Crippen LogP) is 3.04. The van der Waals surface area contributed by atoms with Crippen LogP contribution in [-0.4, -0.2) is 42.0 Å². The molecule has 1 saturated heterocycles. The summed E-state index contributed by atoms with van der Waals surface area (Å²) in [4.78, 5) is 22.5. The van der Waals surface area contributed by atoms with Crippen molar-refractivity contribution < 1.29 is 9.18 Å². The Labute approximate surface area is 144 Å². The smallest absolute Gasteiger partial charge is 0.226 e. The van der Waals surface area contributed by atoms with Crippen molar-refractivity contribution in [2.24, 2.45) is 5.92 Å². The van der Waals surface area contributed by atoms with Gasteiger partial charge in [0.1, 0.15) is 5.82 Å². The fourth-order valence-electron chi connectivity index (χ4n) is 3.43. The van der Waals surface area contributed by atoms with Crippen LogP contribution in [0.15, 0.2) is 30.5 Å². The number of carbonyl (C=O) groups excluding carboxylic acids is 1. The third-order valence-corrected chi connectivity index (χ3v) is 5.86. The Kier molecular flexibility index (Phi) is 4.00. The summed E-state index contributed by atoms with van der Waals surface area (Å²) < 4.78 is 13.9. The van der Waals surface area contributed by atoms with Gasteiger partial charge in [0.2, 0.25) is 5.91 Å². The monoisotopic (exact) mass is 345 g/mol. The van der Waals surface area contributed by atoms with Crippen LogP contribution in [0, 0.1) is 18.7 Å². The molecule has 1 aliphatic carbocycles. The van der Waals surface area contributed by atoms with Crippen LogP contribution in [0.4, 0.5) is 9.52 Å². The minimum Gasteiger partial charge on any atom is -0.345 e. The molecule has 126 valence electrons. The Bertz CT molecular complexity index is 754. The highest BCUT2D eigenvalue weighted by Gasteiger charge is 2.47. The number of hydrogen-bond acceptors (Lipinski definition) is 4. The summed E-state index contributed by atoms with van der Waals surface area (Å²) in [6, 6.07) is 6.81. The molecule has 2 fully saturated rings. The standard InChI is InChI=1S/C18H20FN3OS/c1-12-11-20-18(24-12)22-8-6-21(7-9-22)17(23)15-10-14(15)13-4-2-3-5-16(13)19/h2-5,11,14-15H,6-10H2,1H3/t14-,15-/m1/s1. The number of benzene rings is 1. The third-order valence-electron chi connectivity index (χ3n) is 4.88. The highest BCUT2D eigenvalue weighted by molar-refractivity contribution is 7.15. The fourth-order valence-corrected chi connectivity index (χ4v) is 4.24. The second kappa shape index (κ2) is 6.16. The van der Waals surface area contributed by atoms with E-state index in [1.807, 2.05) is 17.2 Å². The second-order valence-corrected chi connectivity index (χ2v) is 7.75. The lowest BCUT2D eigenvalue weighted by Gasteiger charge is -2.34. The molecule has 1 aromatic carbocycles. The highest BCUT2D eigenvalue weighted by atomic mass is 32.1. The Morgan fingerprint density at radius 3 is 2.67 bits per heavy atom. The van der Waals surface area contributed by atoms with Gasteiger partial charge >= 0.3 is 0 Å². The molecule has 0 spiro atoms. The average Bonchev–Trinajstić information content (AvgIpc) is 3.28. The maximum Gasteiger partial charge on any atom is 0.226 e. The maximum absolute atomic E-state index is 13.9. The Balaban J connectivity index is 1.35. The van der Waals surface area contributed by atoms with Gasteiger partial charge in [0, 0.05) is 43.2 Å². The summed E-state index contributed by atoms with van der Waals surface area (Å²) >= 11 is 1.69. The van der Waals surface area contributed by atoms with E-state index in [2.05, 4.69) is 16.8 Å². The molecule has 0 unspecified atom stereocenters. The van der Waals surface area contributed by atoms with Crippen molar-refractivity contribution in [2.75, 3.05) is 31.1 Å². The first-order valence-corrected chi connectivity index (χ1v) is 9.15. The Morgan fingerprint density at radius 2 is 2.00 bits per heavy atom. The molecule has 1 aromatic heterocycles. The molecular formula is C18H20FN3OS. The maximum atomic E-state index is 13.9. The van der Waals surface area contributed by atoms with Crippen molar-refractivity contribution in [3.8, 4) is 0 Å². The van der Waals surface area contributed by atoms with Gasteiger partial charge < -0.3 is 9.80 Å². The first kappa shape index (κ1) is 15.6. The van der Waals surface area contributed by atoms with Crippen LogP contribution in [0.2, 0.25) is 0 Å². The van der Waals surface area contributed by atoms with Crippen LogP contribution in [-0.2, 0) is 4.79 Å². The summed E-state index contributed by atoms with van der Waals surface area (Å²) in [6.07, 6.45) is 2.66. The molecule has 2 atom stereocenters. The van der Waals surface area contributed by atoms with Gasteiger partial charge in [-0.2, -0.15) is 0 Å². The minimum atomic E-state index is -0.193. The summed E-state index contributed by atoms with van der Waals surface area (Å²) in [7, 11) is 0. The van der Waals surface area contributed by atoms with Crippen LogP contribution in [0.25, 0.3) is 0 Å². The van der Waals surface area contributed by atoms with Gasteiger partial charge in [0.25, 0.3) is 0 Å². The number of aryl methyl sites for hydroxylation is 1. The number of rotatable bonds is 3.